The van der Waals surface area contributed by atoms with E-state index in [1.807, 2.05) is 12.1 Å². The third kappa shape index (κ3) is 2.12. The minimum Gasteiger partial charge on any atom is -0.398 e. The minimum absolute atomic E-state index is 0.170. The second-order valence-electron chi connectivity index (χ2n) is 4.53. The van der Waals surface area contributed by atoms with Crippen molar-refractivity contribution in [2.45, 2.75) is 13.0 Å². The van der Waals surface area contributed by atoms with E-state index in [1.165, 1.54) is 11.9 Å². The number of anilines is 2. The number of benzene rings is 1. The maximum absolute atomic E-state index is 11.6. The van der Waals surface area contributed by atoms with Gasteiger partial charge in [0.1, 0.15) is 4.47 Å². The molecule has 2 aromatic rings. The molecule has 3 rings (SSSR count). The number of halogens is 1. The molecule has 0 bridgehead atoms. The van der Waals surface area contributed by atoms with Gasteiger partial charge in [-0.1, -0.05) is 12.1 Å². The molecule has 0 spiro atoms. The molecule has 0 radical (unpaired) electrons. The quantitative estimate of drug-likeness (QED) is 0.784. The molecule has 0 fully saturated rings. The molecule has 98 valence electrons. The van der Waals surface area contributed by atoms with E-state index in [2.05, 4.69) is 36.9 Å². The molecule has 1 aliphatic heterocycles. The van der Waals surface area contributed by atoms with Crippen LogP contribution in [0.4, 0.5) is 11.5 Å². The molecule has 19 heavy (non-hydrogen) atoms. The summed E-state index contributed by atoms with van der Waals surface area (Å²) < 4.78 is 0.466. The zero-order valence-corrected chi connectivity index (χ0v) is 11.8. The van der Waals surface area contributed by atoms with Gasteiger partial charge >= 0.3 is 0 Å². The third-order valence-corrected chi connectivity index (χ3v) is 4.10. The fraction of sp³-hybridized carbons (Fsp3) is 0.231. The molecular formula is C13H13BrN4O. The van der Waals surface area contributed by atoms with E-state index >= 15 is 0 Å². The van der Waals surface area contributed by atoms with Crippen LogP contribution in [0.15, 0.2) is 33.8 Å². The van der Waals surface area contributed by atoms with Gasteiger partial charge in [-0.05, 0) is 39.5 Å². The molecule has 6 heteroatoms. The van der Waals surface area contributed by atoms with Crippen LogP contribution >= 0.6 is 15.9 Å². The van der Waals surface area contributed by atoms with Crippen LogP contribution in [0, 0.1) is 0 Å². The average Bonchev–Trinajstić information content (AvgIpc) is 2.42. The van der Waals surface area contributed by atoms with Crippen molar-refractivity contribution in [3.05, 3.63) is 50.5 Å². The molecule has 1 aliphatic rings. The second kappa shape index (κ2) is 4.70. The Morgan fingerprint density at radius 3 is 3.11 bits per heavy atom. The van der Waals surface area contributed by atoms with Crippen molar-refractivity contribution >= 4 is 27.4 Å². The number of aromatic nitrogens is 2. The van der Waals surface area contributed by atoms with Gasteiger partial charge in [0.15, 0.2) is 5.82 Å². The van der Waals surface area contributed by atoms with Crippen LogP contribution < -0.4 is 16.2 Å². The van der Waals surface area contributed by atoms with Gasteiger partial charge in [0, 0.05) is 18.8 Å². The van der Waals surface area contributed by atoms with Gasteiger partial charge in [-0.15, -0.1) is 0 Å². The van der Waals surface area contributed by atoms with Gasteiger partial charge in [0.2, 0.25) is 0 Å². The predicted octanol–water partition coefficient (Wildman–Crippen LogP) is 1.68. The van der Waals surface area contributed by atoms with Gasteiger partial charge in [0.25, 0.3) is 5.56 Å². The minimum atomic E-state index is -0.170. The summed E-state index contributed by atoms with van der Waals surface area (Å²) in [4.78, 5) is 20.5. The van der Waals surface area contributed by atoms with Crippen LogP contribution in [-0.4, -0.2) is 16.5 Å². The summed E-state index contributed by atoms with van der Waals surface area (Å²) in [6, 6.07) is 5.98. The molecule has 0 saturated heterocycles. The van der Waals surface area contributed by atoms with Crippen molar-refractivity contribution in [2.24, 2.45) is 0 Å². The van der Waals surface area contributed by atoms with Crippen molar-refractivity contribution in [3.8, 4) is 0 Å². The molecule has 5 nitrogen and oxygen atoms in total. The smallest absolute Gasteiger partial charge is 0.267 e. The zero-order valence-electron chi connectivity index (χ0n) is 10.2. The van der Waals surface area contributed by atoms with Crippen LogP contribution in [0.5, 0.6) is 0 Å². The largest absolute Gasteiger partial charge is 0.398 e. The second-order valence-corrected chi connectivity index (χ2v) is 5.32. The lowest BCUT2D eigenvalue weighted by molar-refractivity contribution is 0.717. The molecule has 0 amide bonds. The standard InChI is InChI=1S/C13H13BrN4O/c14-11-12(16-7-17-13(11)19)18-5-4-8-2-1-3-10(15)9(8)6-18/h1-3,7H,4-6,15H2,(H,16,17,19). The maximum atomic E-state index is 11.6. The van der Waals surface area contributed by atoms with E-state index in [0.29, 0.717) is 16.8 Å². The van der Waals surface area contributed by atoms with E-state index in [1.54, 1.807) is 0 Å². The van der Waals surface area contributed by atoms with Gasteiger partial charge < -0.3 is 15.6 Å². The van der Waals surface area contributed by atoms with Crippen molar-refractivity contribution in [2.75, 3.05) is 17.2 Å². The van der Waals surface area contributed by atoms with Crippen molar-refractivity contribution in [1.29, 1.82) is 0 Å². The van der Waals surface area contributed by atoms with Crippen LogP contribution in [0.25, 0.3) is 0 Å². The monoisotopic (exact) mass is 320 g/mol. The summed E-state index contributed by atoms with van der Waals surface area (Å²) >= 11 is 3.30. The summed E-state index contributed by atoms with van der Waals surface area (Å²) in [6.07, 6.45) is 2.33. The van der Waals surface area contributed by atoms with Gasteiger partial charge in [-0.3, -0.25) is 4.79 Å². The fourth-order valence-corrected chi connectivity index (χ4v) is 2.85. The molecular weight excluding hydrogens is 308 g/mol. The van der Waals surface area contributed by atoms with Crippen molar-refractivity contribution < 1.29 is 0 Å². The molecule has 3 N–H and O–H groups in total. The number of rotatable bonds is 1. The van der Waals surface area contributed by atoms with E-state index in [0.717, 1.165) is 24.2 Å². The summed E-state index contributed by atoms with van der Waals surface area (Å²) in [6.45, 7) is 1.50. The van der Waals surface area contributed by atoms with Gasteiger partial charge in [0.05, 0.1) is 6.33 Å². The van der Waals surface area contributed by atoms with Crippen molar-refractivity contribution in [3.63, 3.8) is 0 Å². The highest BCUT2D eigenvalue weighted by Gasteiger charge is 2.21. The zero-order chi connectivity index (χ0) is 13.4. The number of fused-ring (bicyclic) bond motifs is 1. The first kappa shape index (κ1) is 12.2. The molecule has 1 aromatic carbocycles. The summed E-state index contributed by atoms with van der Waals surface area (Å²) in [7, 11) is 0. The maximum Gasteiger partial charge on any atom is 0.267 e. The van der Waals surface area contributed by atoms with E-state index in [4.69, 9.17) is 5.73 Å². The topological polar surface area (TPSA) is 75.0 Å². The Bertz CT molecular complexity index is 683. The molecule has 1 aromatic heterocycles. The Balaban J connectivity index is 2.00. The fourth-order valence-electron chi connectivity index (χ4n) is 2.38. The first-order valence-electron chi connectivity index (χ1n) is 6.01. The number of hydrogen-bond acceptors (Lipinski definition) is 4. The molecule has 0 unspecified atom stereocenters. The Kier molecular flexibility index (Phi) is 3.02. The van der Waals surface area contributed by atoms with Gasteiger partial charge in [-0.2, -0.15) is 0 Å². The Morgan fingerprint density at radius 2 is 2.26 bits per heavy atom. The summed E-state index contributed by atoms with van der Waals surface area (Å²) in [5.74, 6) is 0.664. The summed E-state index contributed by atoms with van der Waals surface area (Å²) in [5.41, 5.74) is 9.05. The molecule has 2 heterocycles. The lowest BCUT2D eigenvalue weighted by Crippen LogP contribution is -2.33. The molecule has 0 aliphatic carbocycles. The first-order chi connectivity index (χ1) is 9.16. The third-order valence-electron chi connectivity index (χ3n) is 3.39. The Labute approximate surface area is 118 Å². The average molecular weight is 321 g/mol. The van der Waals surface area contributed by atoms with Gasteiger partial charge in [-0.25, -0.2) is 4.98 Å². The van der Waals surface area contributed by atoms with Crippen LogP contribution in [-0.2, 0) is 13.0 Å². The number of H-pyrrole nitrogens is 1. The summed E-state index contributed by atoms with van der Waals surface area (Å²) in [5, 5.41) is 0. The normalized spacial score (nSPS) is 14.3. The van der Waals surface area contributed by atoms with Crippen LogP contribution in [0.3, 0.4) is 0 Å². The lowest BCUT2D eigenvalue weighted by atomic mass is 9.98. The van der Waals surface area contributed by atoms with E-state index < -0.39 is 0 Å². The molecule has 0 atom stereocenters. The highest BCUT2D eigenvalue weighted by Crippen LogP contribution is 2.29. The Hall–Kier alpha value is -1.82. The highest BCUT2D eigenvalue weighted by atomic mass is 79.9. The molecule has 0 saturated carbocycles. The number of nitrogens with one attached hydrogen (secondary N) is 1. The lowest BCUT2D eigenvalue weighted by Gasteiger charge is -2.30. The number of nitrogens with zero attached hydrogens (tertiary/aromatic N) is 2. The number of hydrogen-bond donors (Lipinski definition) is 2. The van der Waals surface area contributed by atoms with Crippen LogP contribution in [0.2, 0.25) is 0 Å². The van der Waals surface area contributed by atoms with E-state index in [9.17, 15) is 4.79 Å². The number of nitrogens with two attached hydrogens (primary N) is 1. The highest BCUT2D eigenvalue weighted by molar-refractivity contribution is 9.10. The van der Waals surface area contributed by atoms with Crippen molar-refractivity contribution in [1.82, 2.24) is 9.97 Å². The number of aromatic amines is 1. The first-order valence-corrected chi connectivity index (χ1v) is 6.80. The number of nitrogen functional groups attached to an aromatic ring is 1. The Morgan fingerprint density at radius 1 is 1.42 bits per heavy atom. The van der Waals surface area contributed by atoms with E-state index in [-0.39, 0.29) is 5.56 Å². The van der Waals surface area contributed by atoms with Crippen LogP contribution in [0.1, 0.15) is 11.1 Å². The predicted molar refractivity (Wildman–Crippen MR) is 78.2 cm³/mol. The SMILES string of the molecule is Nc1cccc2c1CN(c1nc[nH]c(=O)c1Br)CC2.